The van der Waals surface area contributed by atoms with Gasteiger partial charge in [0.2, 0.25) is 6.29 Å². The summed E-state index contributed by atoms with van der Waals surface area (Å²) in [4.78, 5) is 0. The van der Waals surface area contributed by atoms with Gasteiger partial charge in [-0.15, -0.1) is 0 Å². The Kier molecular flexibility index (Phi) is 5.87. The van der Waals surface area contributed by atoms with Gasteiger partial charge < -0.3 is 29.9 Å². The van der Waals surface area contributed by atoms with Crippen molar-refractivity contribution in [2.24, 2.45) is 0 Å². The number of allylic oxidation sites excluding steroid dienone is 1. The zero-order chi connectivity index (χ0) is 12.8. The first-order valence-electron chi connectivity index (χ1n) is 5.72. The molecule has 0 aromatic carbocycles. The summed E-state index contributed by atoms with van der Waals surface area (Å²) in [5, 5.41) is 37.5. The third kappa shape index (κ3) is 3.65. The number of aliphatic hydroxyl groups is 4. The normalized spacial score (nSPS) is 38.5. The van der Waals surface area contributed by atoms with Crippen LogP contribution in [0.3, 0.4) is 0 Å². The summed E-state index contributed by atoms with van der Waals surface area (Å²) in [7, 11) is 0. The Bertz CT molecular complexity index is 242. The Labute approximate surface area is 100 Å². The molecule has 0 aromatic heterocycles. The van der Waals surface area contributed by atoms with E-state index in [4.69, 9.17) is 14.6 Å². The van der Waals surface area contributed by atoms with Crippen molar-refractivity contribution in [2.45, 2.75) is 50.5 Å². The van der Waals surface area contributed by atoms with Crippen molar-refractivity contribution in [1.82, 2.24) is 0 Å². The summed E-state index contributed by atoms with van der Waals surface area (Å²) in [5.74, 6) is 0. The van der Waals surface area contributed by atoms with E-state index >= 15 is 0 Å². The smallest absolute Gasteiger partial charge is 0.228 e. The molecule has 6 nitrogen and oxygen atoms in total. The van der Waals surface area contributed by atoms with E-state index in [1.807, 2.05) is 6.92 Å². The van der Waals surface area contributed by atoms with Gasteiger partial charge in [0.1, 0.15) is 24.4 Å². The molecule has 17 heavy (non-hydrogen) atoms. The molecular weight excluding hydrogens is 228 g/mol. The highest BCUT2D eigenvalue weighted by Crippen LogP contribution is 2.22. The zero-order valence-electron chi connectivity index (χ0n) is 9.77. The SMILES string of the molecule is CCCC=CO[C@@H]1O[C@H](CO)[C@H](O)[C@H](O)[C@H]1O. The van der Waals surface area contributed by atoms with Crippen LogP contribution in [0.1, 0.15) is 19.8 Å². The van der Waals surface area contributed by atoms with Crippen LogP contribution in [-0.2, 0) is 9.47 Å². The Morgan fingerprint density at radius 2 is 1.88 bits per heavy atom. The second kappa shape index (κ2) is 6.93. The maximum atomic E-state index is 9.60. The first-order valence-corrected chi connectivity index (χ1v) is 5.72. The molecule has 1 heterocycles. The largest absolute Gasteiger partial charge is 0.470 e. The fourth-order valence-corrected chi connectivity index (χ4v) is 1.55. The molecule has 4 N–H and O–H groups in total. The van der Waals surface area contributed by atoms with E-state index in [1.54, 1.807) is 6.08 Å². The van der Waals surface area contributed by atoms with Crippen molar-refractivity contribution in [3.63, 3.8) is 0 Å². The predicted octanol–water partition coefficient (Wildman–Crippen LogP) is -0.883. The molecule has 0 aliphatic carbocycles. The molecule has 0 bridgehead atoms. The molecule has 0 saturated carbocycles. The summed E-state index contributed by atoms with van der Waals surface area (Å²) < 4.78 is 10.2. The molecule has 1 fully saturated rings. The van der Waals surface area contributed by atoms with Gasteiger partial charge in [0.05, 0.1) is 12.9 Å². The molecule has 5 atom stereocenters. The van der Waals surface area contributed by atoms with Gasteiger partial charge in [-0.3, -0.25) is 0 Å². The van der Waals surface area contributed by atoms with Crippen molar-refractivity contribution in [2.75, 3.05) is 6.61 Å². The first-order chi connectivity index (χ1) is 8.11. The minimum Gasteiger partial charge on any atom is -0.470 e. The molecule has 1 aliphatic heterocycles. The summed E-state index contributed by atoms with van der Waals surface area (Å²) in [5.41, 5.74) is 0. The molecule has 1 aliphatic rings. The molecule has 1 saturated heterocycles. The van der Waals surface area contributed by atoms with Crippen molar-refractivity contribution >= 4 is 0 Å². The van der Waals surface area contributed by atoms with Gasteiger partial charge in [0.15, 0.2) is 0 Å². The van der Waals surface area contributed by atoms with Gasteiger partial charge in [-0.05, 0) is 12.5 Å². The van der Waals surface area contributed by atoms with Gasteiger partial charge in [-0.25, -0.2) is 0 Å². The molecule has 6 heteroatoms. The molecule has 0 radical (unpaired) electrons. The summed E-state index contributed by atoms with van der Waals surface area (Å²) in [6.07, 6.45) is -1.17. The van der Waals surface area contributed by atoms with Crippen molar-refractivity contribution in [1.29, 1.82) is 0 Å². The second-order valence-electron chi connectivity index (χ2n) is 3.99. The van der Waals surface area contributed by atoms with Crippen LogP contribution in [0.4, 0.5) is 0 Å². The highest BCUT2D eigenvalue weighted by molar-refractivity contribution is 4.89. The van der Waals surface area contributed by atoms with E-state index < -0.39 is 37.3 Å². The maximum Gasteiger partial charge on any atom is 0.228 e. The average molecular weight is 248 g/mol. The third-order valence-electron chi connectivity index (χ3n) is 2.61. The molecule has 0 unspecified atom stereocenters. The molecule has 0 spiro atoms. The van der Waals surface area contributed by atoms with Gasteiger partial charge in [0.25, 0.3) is 0 Å². The van der Waals surface area contributed by atoms with Crippen LogP contribution in [0.15, 0.2) is 12.3 Å². The van der Waals surface area contributed by atoms with Crippen LogP contribution < -0.4 is 0 Å². The molecular formula is C11H20O6. The van der Waals surface area contributed by atoms with E-state index in [-0.39, 0.29) is 0 Å². The minimum absolute atomic E-state index is 0.455. The third-order valence-corrected chi connectivity index (χ3v) is 2.61. The number of hydrogen-bond donors (Lipinski definition) is 4. The Balaban J connectivity index is 2.53. The van der Waals surface area contributed by atoms with Crippen molar-refractivity contribution < 1.29 is 29.9 Å². The number of ether oxygens (including phenoxy) is 2. The Hall–Kier alpha value is -0.660. The van der Waals surface area contributed by atoms with E-state index in [1.165, 1.54) is 6.26 Å². The van der Waals surface area contributed by atoms with Crippen molar-refractivity contribution in [3.05, 3.63) is 12.3 Å². The summed E-state index contributed by atoms with van der Waals surface area (Å²) in [6, 6.07) is 0. The van der Waals surface area contributed by atoms with Gasteiger partial charge >= 0.3 is 0 Å². The van der Waals surface area contributed by atoms with E-state index in [9.17, 15) is 15.3 Å². The molecule has 100 valence electrons. The monoisotopic (exact) mass is 248 g/mol. The zero-order valence-corrected chi connectivity index (χ0v) is 9.77. The lowest BCUT2D eigenvalue weighted by molar-refractivity contribution is -0.287. The minimum atomic E-state index is -1.40. The van der Waals surface area contributed by atoms with Crippen LogP contribution >= 0.6 is 0 Å². The maximum absolute atomic E-state index is 9.60. The van der Waals surface area contributed by atoms with Crippen LogP contribution in [-0.4, -0.2) is 57.7 Å². The van der Waals surface area contributed by atoms with E-state index in [0.29, 0.717) is 0 Å². The average Bonchev–Trinajstić information content (AvgIpc) is 2.34. The van der Waals surface area contributed by atoms with Gasteiger partial charge in [0, 0.05) is 0 Å². The second-order valence-corrected chi connectivity index (χ2v) is 3.99. The fraction of sp³-hybridized carbons (Fsp3) is 0.818. The molecule has 0 aromatic rings. The number of rotatable bonds is 5. The molecule has 1 rings (SSSR count). The number of unbranched alkanes of at least 4 members (excludes halogenated alkanes) is 1. The lowest BCUT2D eigenvalue weighted by Gasteiger charge is -2.39. The number of aliphatic hydroxyl groups excluding tert-OH is 4. The first kappa shape index (κ1) is 14.4. The topological polar surface area (TPSA) is 99.4 Å². The quantitative estimate of drug-likeness (QED) is 0.471. The predicted molar refractivity (Wildman–Crippen MR) is 58.9 cm³/mol. The fourth-order valence-electron chi connectivity index (χ4n) is 1.55. The molecule has 0 amide bonds. The lowest BCUT2D eigenvalue weighted by Crippen LogP contribution is -2.58. The van der Waals surface area contributed by atoms with Gasteiger partial charge in [-0.2, -0.15) is 0 Å². The van der Waals surface area contributed by atoms with E-state index in [0.717, 1.165) is 12.8 Å². The Morgan fingerprint density at radius 3 is 2.47 bits per heavy atom. The Morgan fingerprint density at radius 1 is 1.18 bits per heavy atom. The van der Waals surface area contributed by atoms with Crippen LogP contribution in [0.2, 0.25) is 0 Å². The summed E-state index contributed by atoms with van der Waals surface area (Å²) in [6.45, 7) is 1.56. The highest BCUT2D eigenvalue weighted by Gasteiger charge is 2.44. The lowest BCUT2D eigenvalue weighted by atomic mass is 9.99. The van der Waals surface area contributed by atoms with Crippen LogP contribution in [0.25, 0.3) is 0 Å². The standard InChI is InChI=1S/C11H20O6/c1-2-3-4-5-16-11-10(15)9(14)8(13)7(6-12)17-11/h4-5,7-15H,2-3,6H2,1H3/t7-,8+,9+,10-,11-/m1/s1. The van der Waals surface area contributed by atoms with Gasteiger partial charge in [-0.1, -0.05) is 13.3 Å². The number of hydrogen-bond acceptors (Lipinski definition) is 6. The van der Waals surface area contributed by atoms with Crippen LogP contribution in [0, 0.1) is 0 Å². The van der Waals surface area contributed by atoms with Crippen molar-refractivity contribution in [3.8, 4) is 0 Å². The van der Waals surface area contributed by atoms with E-state index in [2.05, 4.69) is 0 Å². The highest BCUT2D eigenvalue weighted by atomic mass is 16.7. The van der Waals surface area contributed by atoms with Crippen LogP contribution in [0.5, 0.6) is 0 Å². The summed E-state index contributed by atoms with van der Waals surface area (Å²) >= 11 is 0.